The van der Waals surface area contributed by atoms with Crippen molar-refractivity contribution in [3.05, 3.63) is 59.9 Å². The average Bonchev–Trinajstić information content (AvgIpc) is 2.58. The smallest absolute Gasteiger partial charge is 0.293 e. The second-order valence-corrected chi connectivity index (χ2v) is 6.12. The third-order valence-electron chi connectivity index (χ3n) is 4.48. The van der Waals surface area contributed by atoms with E-state index in [4.69, 9.17) is 0 Å². The van der Waals surface area contributed by atoms with Gasteiger partial charge in [0.1, 0.15) is 0 Å². The van der Waals surface area contributed by atoms with Gasteiger partial charge in [-0.15, -0.1) is 0 Å². The first-order valence-electron chi connectivity index (χ1n) is 8.43. The van der Waals surface area contributed by atoms with Crippen LogP contribution in [0.25, 0.3) is 0 Å². The summed E-state index contributed by atoms with van der Waals surface area (Å²) in [5, 5.41) is 2.97. The SMILES string of the molecule is CCC(CC)c1cc[n+]([C@H](C)C(=O)Nc2ccc(C)cc2)cc1. The summed E-state index contributed by atoms with van der Waals surface area (Å²) >= 11 is 0. The summed E-state index contributed by atoms with van der Waals surface area (Å²) in [6.07, 6.45) is 6.30. The largest absolute Gasteiger partial charge is 0.320 e. The van der Waals surface area contributed by atoms with Crippen LogP contribution in [0.1, 0.15) is 56.7 Å². The van der Waals surface area contributed by atoms with Gasteiger partial charge < -0.3 is 5.32 Å². The number of benzene rings is 1. The molecule has 2 aromatic rings. The van der Waals surface area contributed by atoms with Gasteiger partial charge in [-0.1, -0.05) is 31.5 Å². The van der Waals surface area contributed by atoms with E-state index in [9.17, 15) is 4.79 Å². The van der Waals surface area contributed by atoms with Gasteiger partial charge in [0.25, 0.3) is 5.91 Å². The maximum Gasteiger partial charge on any atom is 0.293 e. The number of carbonyl (C=O) groups is 1. The number of hydrogen-bond donors (Lipinski definition) is 1. The van der Waals surface area contributed by atoms with Crippen molar-refractivity contribution in [2.45, 2.75) is 52.5 Å². The summed E-state index contributed by atoms with van der Waals surface area (Å²) in [7, 11) is 0. The molecule has 0 saturated heterocycles. The number of nitrogens with one attached hydrogen (secondary N) is 1. The Morgan fingerprint density at radius 1 is 1.04 bits per heavy atom. The van der Waals surface area contributed by atoms with Crippen LogP contribution in [0.3, 0.4) is 0 Å². The maximum atomic E-state index is 12.4. The molecule has 0 aliphatic carbocycles. The zero-order valence-corrected chi connectivity index (χ0v) is 14.5. The lowest BCUT2D eigenvalue weighted by atomic mass is 9.95. The fourth-order valence-corrected chi connectivity index (χ4v) is 2.76. The highest BCUT2D eigenvalue weighted by atomic mass is 16.2. The molecular weight excluding hydrogens is 284 g/mol. The van der Waals surface area contributed by atoms with E-state index in [2.05, 4.69) is 31.3 Å². The molecule has 1 aromatic carbocycles. The second kappa shape index (κ2) is 7.91. The first kappa shape index (κ1) is 17.2. The lowest BCUT2D eigenvalue weighted by molar-refractivity contribution is -0.705. The van der Waals surface area contributed by atoms with Crippen LogP contribution in [0.2, 0.25) is 0 Å². The van der Waals surface area contributed by atoms with Gasteiger partial charge in [0.15, 0.2) is 12.4 Å². The van der Waals surface area contributed by atoms with E-state index < -0.39 is 0 Å². The van der Waals surface area contributed by atoms with Crippen molar-refractivity contribution < 1.29 is 9.36 Å². The Morgan fingerprint density at radius 3 is 2.13 bits per heavy atom. The molecule has 1 heterocycles. The molecule has 0 fully saturated rings. The van der Waals surface area contributed by atoms with Crippen LogP contribution in [0.15, 0.2) is 48.8 Å². The van der Waals surface area contributed by atoms with Gasteiger partial charge in [-0.05, 0) is 43.4 Å². The van der Waals surface area contributed by atoms with Crippen LogP contribution < -0.4 is 9.88 Å². The quantitative estimate of drug-likeness (QED) is 0.789. The van der Waals surface area contributed by atoms with Crippen molar-refractivity contribution >= 4 is 11.6 Å². The molecule has 1 N–H and O–H groups in total. The number of hydrogen-bond acceptors (Lipinski definition) is 1. The fourth-order valence-electron chi connectivity index (χ4n) is 2.76. The van der Waals surface area contributed by atoms with Gasteiger partial charge in [-0.2, -0.15) is 4.57 Å². The molecule has 3 heteroatoms. The number of aryl methyl sites for hydroxylation is 1. The minimum absolute atomic E-state index is 0.00543. The molecule has 1 amide bonds. The molecule has 0 aliphatic rings. The van der Waals surface area contributed by atoms with Crippen LogP contribution in [-0.4, -0.2) is 5.91 Å². The number of nitrogens with zero attached hydrogens (tertiary/aromatic N) is 1. The molecule has 0 unspecified atom stereocenters. The van der Waals surface area contributed by atoms with Gasteiger partial charge in [0.2, 0.25) is 6.04 Å². The highest BCUT2D eigenvalue weighted by Gasteiger charge is 2.22. The van der Waals surface area contributed by atoms with Gasteiger partial charge in [-0.3, -0.25) is 4.79 Å². The van der Waals surface area contributed by atoms with E-state index in [1.165, 1.54) is 11.1 Å². The normalized spacial score (nSPS) is 12.2. The van der Waals surface area contributed by atoms with Gasteiger partial charge >= 0.3 is 0 Å². The molecule has 0 spiro atoms. The second-order valence-electron chi connectivity index (χ2n) is 6.12. The Bertz CT molecular complexity index is 628. The van der Waals surface area contributed by atoms with Crippen LogP contribution in [0.4, 0.5) is 5.69 Å². The van der Waals surface area contributed by atoms with Crippen molar-refractivity contribution in [1.29, 1.82) is 0 Å². The topological polar surface area (TPSA) is 33.0 Å². The Kier molecular flexibility index (Phi) is 5.91. The van der Waals surface area contributed by atoms with Crippen molar-refractivity contribution in [3.63, 3.8) is 0 Å². The highest BCUT2D eigenvalue weighted by molar-refractivity contribution is 5.92. The highest BCUT2D eigenvalue weighted by Crippen LogP contribution is 2.21. The van der Waals surface area contributed by atoms with E-state index in [0.717, 1.165) is 18.5 Å². The van der Waals surface area contributed by atoms with Crippen molar-refractivity contribution in [3.8, 4) is 0 Å². The number of aromatic nitrogens is 1. The predicted octanol–water partition coefficient (Wildman–Crippen LogP) is 4.39. The minimum Gasteiger partial charge on any atom is -0.320 e. The standard InChI is InChI=1S/C20H26N2O/c1-5-17(6-2)18-11-13-22(14-12-18)16(4)20(23)21-19-9-7-15(3)8-10-19/h7-14,16-17H,5-6H2,1-4H3/p+1/t16-/m1/s1. The van der Waals surface area contributed by atoms with Crippen LogP contribution in [0, 0.1) is 6.92 Å². The van der Waals surface area contributed by atoms with Crippen LogP contribution in [0.5, 0.6) is 0 Å². The van der Waals surface area contributed by atoms with E-state index in [-0.39, 0.29) is 11.9 Å². The van der Waals surface area contributed by atoms with Crippen molar-refractivity contribution in [2.24, 2.45) is 0 Å². The number of amides is 1. The molecule has 0 aliphatic heterocycles. The zero-order chi connectivity index (χ0) is 16.8. The summed E-state index contributed by atoms with van der Waals surface area (Å²) in [5.41, 5.74) is 3.36. The van der Waals surface area contributed by atoms with Gasteiger partial charge in [0.05, 0.1) is 0 Å². The van der Waals surface area contributed by atoms with Crippen LogP contribution in [-0.2, 0) is 4.79 Å². The Balaban J connectivity index is 2.05. The monoisotopic (exact) mass is 311 g/mol. The Hall–Kier alpha value is -2.16. The fraction of sp³-hybridized carbons (Fsp3) is 0.400. The molecule has 0 saturated carbocycles. The van der Waals surface area contributed by atoms with Crippen molar-refractivity contribution in [1.82, 2.24) is 0 Å². The summed E-state index contributed by atoms with van der Waals surface area (Å²) in [4.78, 5) is 12.4. The summed E-state index contributed by atoms with van der Waals surface area (Å²) < 4.78 is 1.95. The minimum atomic E-state index is -0.243. The summed E-state index contributed by atoms with van der Waals surface area (Å²) in [6, 6.07) is 11.9. The van der Waals surface area contributed by atoms with E-state index in [0.29, 0.717) is 5.92 Å². The average molecular weight is 311 g/mol. The summed E-state index contributed by atoms with van der Waals surface area (Å²) in [6.45, 7) is 8.38. The van der Waals surface area contributed by atoms with Crippen molar-refractivity contribution in [2.75, 3.05) is 5.32 Å². The van der Waals surface area contributed by atoms with E-state index in [1.807, 2.05) is 55.1 Å². The number of pyridine rings is 1. The lowest BCUT2D eigenvalue weighted by Crippen LogP contribution is -2.44. The molecule has 122 valence electrons. The first-order valence-corrected chi connectivity index (χ1v) is 8.43. The first-order chi connectivity index (χ1) is 11.0. The molecule has 3 nitrogen and oxygen atoms in total. The Labute approximate surface area is 139 Å². The molecule has 2 rings (SSSR count). The van der Waals surface area contributed by atoms with E-state index >= 15 is 0 Å². The van der Waals surface area contributed by atoms with E-state index in [1.54, 1.807) is 0 Å². The lowest BCUT2D eigenvalue weighted by Gasteiger charge is -2.13. The third kappa shape index (κ3) is 4.41. The molecule has 1 atom stereocenters. The molecule has 1 aromatic heterocycles. The molecular formula is C20H27N2O+. The molecule has 0 bridgehead atoms. The Morgan fingerprint density at radius 2 is 1.61 bits per heavy atom. The van der Waals surface area contributed by atoms with Gasteiger partial charge in [0, 0.05) is 24.7 Å². The molecule has 23 heavy (non-hydrogen) atoms. The predicted molar refractivity (Wildman–Crippen MR) is 94.5 cm³/mol. The number of anilines is 1. The van der Waals surface area contributed by atoms with Gasteiger partial charge in [-0.25, -0.2) is 0 Å². The zero-order valence-electron chi connectivity index (χ0n) is 14.5. The van der Waals surface area contributed by atoms with Crippen LogP contribution >= 0.6 is 0 Å². The third-order valence-corrected chi connectivity index (χ3v) is 4.48. The number of rotatable bonds is 6. The maximum absolute atomic E-state index is 12.4. The summed E-state index contributed by atoms with van der Waals surface area (Å²) in [5.74, 6) is 0.593. The number of carbonyl (C=O) groups excluding carboxylic acids is 1. The molecule has 0 radical (unpaired) electrons.